The van der Waals surface area contributed by atoms with E-state index in [-0.39, 0.29) is 5.91 Å². The molecule has 0 aliphatic carbocycles. The molecule has 2 aromatic carbocycles. The summed E-state index contributed by atoms with van der Waals surface area (Å²) >= 11 is 0. The number of rotatable bonds is 10. The summed E-state index contributed by atoms with van der Waals surface area (Å²) in [6, 6.07) is 15.6. The molecule has 7 nitrogen and oxygen atoms in total. The van der Waals surface area contributed by atoms with E-state index < -0.39 is 0 Å². The predicted molar refractivity (Wildman–Crippen MR) is 133 cm³/mol. The van der Waals surface area contributed by atoms with Crippen LogP contribution >= 0.6 is 0 Å². The highest BCUT2D eigenvalue weighted by Crippen LogP contribution is 2.28. The SMILES string of the molecule is CCCCCCNC(=O)c1c(N)n(CCc2ccc(OC)cc2)c2nc3ccccc3nc12. The van der Waals surface area contributed by atoms with Crippen LogP contribution in [0.2, 0.25) is 0 Å². The quantitative estimate of drug-likeness (QED) is 0.344. The monoisotopic (exact) mass is 445 g/mol. The molecule has 0 aliphatic rings. The minimum absolute atomic E-state index is 0.193. The van der Waals surface area contributed by atoms with Gasteiger partial charge in [-0.15, -0.1) is 0 Å². The number of amides is 1. The zero-order chi connectivity index (χ0) is 23.2. The molecule has 0 fully saturated rings. The van der Waals surface area contributed by atoms with Gasteiger partial charge in [0.05, 0.1) is 18.1 Å². The van der Waals surface area contributed by atoms with E-state index in [9.17, 15) is 4.79 Å². The van der Waals surface area contributed by atoms with Crippen LogP contribution in [0.25, 0.3) is 22.2 Å². The standard InChI is InChI=1S/C26H31N5O2/c1-3-4-5-8-16-28-26(32)22-23-25(30-21-10-7-6-9-20(21)29-23)31(24(22)27)17-15-18-11-13-19(33-2)14-12-18/h6-7,9-14H,3-5,8,15-17,27H2,1-2H3,(H,28,32). The number of ether oxygens (including phenoxy) is 1. The number of fused-ring (bicyclic) bond motifs is 2. The van der Waals surface area contributed by atoms with Gasteiger partial charge in [-0.05, 0) is 42.7 Å². The number of methoxy groups -OCH3 is 1. The van der Waals surface area contributed by atoms with Crippen LogP contribution in [-0.4, -0.2) is 34.1 Å². The third-order valence-corrected chi connectivity index (χ3v) is 5.92. The topological polar surface area (TPSA) is 95.1 Å². The van der Waals surface area contributed by atoms with Crippen molar-refractivity contribution in [2.45, 2.75) is 45.6 Å². The normalized spacial score (nSPS) is 11.2. The Labute approximate surface area is 194 Å². The first-order chi connectivity index (χ1) is 16.1. The second kappa shape index (κ2) is 10.3. The average molecular weight is 446 g/mol. The molecule has 2 aromatic heterocycles. The second-order valence-electron chi connectivity index (χ2n) is 8.21. The lowest BCUT2D eigenvalue weighted by Gasteiger charge is -2.09. The summed E-state index contributed by atoms with van der Waals surface area (Å²) in [6.45, 7) is 3.38. The van der Waals surface area contributed by atoms with Crippen molar-refractivity contribution in [3.05, 3.63) is 59.7 Å². The van der Waals surface area contributed by atoms with E-state index in [4.69, 9.17) is 20.4 Å². The zero-order valence-corrected chi connectivity index (χ0v) is 19.3. The molecule has 172 valence electrons. The molecule has 2 heterocycles. The third-order valence-electron chi connectivity index (χ3n) is 5.92. The molecule has 0 saturated heterocycles. The molecule has 4 aromatic rings. The Morgan fingerprint density at radius 1 is 1.03 bits per heavy atom. The van der Waals surface area contributed by atoms with Crippen molar-refractivity contribution in [1.82, 2.24) is 19.9 Å². The summed E-state index contributed by atoms with van der Waals surface area (Å²) in [6.07, 6.45) is 5.11. The first-order valence-electron chi connectivity index (χ1n) is 11.6. The van der Waals surface area contributed by atoms with Crippen molar-refractivity contribution in [2.24, 2.45) is 0 Å². The van der Waals surface area contributed by atoms with E-state index in [1.165, 1.54) is 6.42 Å². The second-order valence-corrected chi connectivity index (χ2v) is 8.21. The van der Waals surface area contributed by atoms with Crippen LogP contribution in [0.1, 0.15) is 48.5 Å². The van der Waals surface area contributed by atoms with Crippen molar-refractivity contribution in [2.75, 3.05) is 19.4 Å². The Hall–Kier alpha value is -3.61. The lowest BCUT2D eigenvalue weighted by atomic mass is 10.1. The molecule has 4 rings (SSSR count). The summed E-state index contributed by atoms with van der Waals surface area (Å²) in [5.74, 6) is 1.03. The number of carbonyl (C=O) groups is 1. The van der Waals surface area contributed by atoms with Gasteiger partial charge in [0.1, 0.15) is 22.6 Å². The number of carbonyl (C=O) groups excluding carboxylic acids is 1. The van der Waals surface area contributed by atoms with Crippen molar-refractivity contribution >= 4 is 33.9 Å². The maximum atomic E-state index is 13.1. The van der Waals surface area contributed by atoms with E-state index in [0.717, 1.165) is 48.0 Å². The van der Waals surface area contributed by atoms with Gasteiger partial charge in [-0.3, -0.25) is 4.79 Å². The number of anilines is 1. The van der Waals surface area contributed by atoms with Gasteiger partial charge in [-0.1, -0.05) is 50.5 Å². The van der Waals surface area contributed by atoms with Gasteiger partial charge in [-0.2, -0.15) is 0 Å². The number of nitrogens with one attached hydrogen (secondary N) is 1. The van der Waals surface area contributed by atoms with Gasteiger partial charge in [-0.25, -0.2) is 9.97 Å². The fourth-order valence-corrected chi connectivity index (χ4v) is 4.04. The Kier molecular flexibility index (Phi) is 7.07. The van der Waals surface area contributed by atoms with Crippen LogP contribution in [0.3, 0.4) is 0 Å². The highest BCUT2D eigenvalue weighted by atomic mass is 16.5. The third kappa shape index (κ3) is 4.92. The number of aromatic nitrogens is 3. The number of nitrogen functional groups attached to an aromatic ring is 1. The molecule has 0 bridgehead atoms. The van der Waals surface area contributed by atoms with Crippen molar-refractivity contribution in [3.8, 4) is 5.75 Å². The molecule has 0 radical (unpaired) electrons. The van der Waals surface area contributed by atoms with Gasteiger partial charge in [0.15, 0.2) is 5.65 Å². The molecular formula is C26H31N5O2. The first kappa shape index (κ1) is 22.6. The number of unbranched alkanes of at least 4 members (excludes halogenated alkanes) is 3. The lowest BCUT2D eigenvalue weighted by molar-refractivity contribution is 0.0955. The Morgan fingerprint density at radius 2 is 1.76 bits per heavy atom. The van der Waals surface area contributed by atoms with Crippen LogP contribution in [0.5, 0.6) is 5.75 Å². The molecule has 0 unspecified atom stereocenters. The Balaban J connectivity index is 1.66. The number of benzene rings is 2. The smallest absolute Gasteiger partial charge is 0.257 e. The molecule has 0 saturated carbocycles. The van der Waals surface area contributed by atoms with Crippen LogP contribution in [0.4, 0.5) is 5.82 Å². The predicted octanol–water partition coefficient (Wildman–Crippen LogP) is 4.73. The van der Waals surface area contributed by atoms with Gasteiger partial charge >= 0.3 is 0 Å². The van der Waals surface area contributed by atoms with Gasteiger partial charge in [0.2, 0.25) is 0 Å². The summed E-state index contributed by atoms with van der Waals surface area (Å²) in [4.78, 5) is 22.7. The molecule has 0 atom stereocenters. The van der Waals surface area contributed by atoms with Crippen LogP contribution in [0.15, 0.2) is 48.5 Å². The minimum atomic E-state index is -0.193. The van der Waals surface area contributed by atoms with E-state index >= 15 is 0 Å². The molecule has 0 aliphatic heterocycles. The minimum Gasteiger partial charge on any atom is -0.497 e. The highest BCUT2D eigenvalue weighted by Gasteiger charge is 2.23. The highest BCUT2D eigenvalue weighted by molar-refractivity contribution is 6.10. The van der Waals surface area contributed by atoms with E-state index in [0.29, 0.717) is 35.6 Å². The van der Waals surface area contributed by atoms with Crippen LogP contribution in [0, 0.1) is 0 Å². The van der Waals surface area contributed by atoms with Gasteiger partial charge in [0, 0.05) is 13.1 Å². The number of hydrogen-bond acceptors (Lipinski definition) is 5. The molecule has 1 amide bonds. The van der Waals surface area contributed by atoms with E-state index in [1.807, 2.05) is 53.1 Å². The molecule has 33 heavy (non-hydrogen) atoms. The molecule has 0 spiro atoms. The first-order valence-corrected chi connectivity index (χ1v) is 11.6. The summed E-state index contributed by atoms with van der Waals surface area (Å²) in [7, 11) is 1.65. The molecular weight excluding hydrogens is 414 g/mol. The van der Waals surface area contributed by atoms with Gasteiger partial charge in [0.25, 0.3) is 5.91 Å². The van der Waals surface area contributed by atoms with E-state index in [2.05, 4.69) is 12.2 Å². The largest absolute Gasteiger partial charge is 0.497 e. The lowest BCUT2D eigenvalue weighted by Crippen LogP contribution is -2.25. The Bertz CT molecular complexity index is 1250. The fraction of sp³-hybridized carbons (Fsp3) is 0.346. The maximum absolute atomic E-state index is 13.1. The average Bonchev–Trinajstić information content (AvgIpc) is 3.11. The van der Waals surface area contributed by atoms with Crippen molar-refractivity contribution in [3.63, 3.8) is 0 Å². The van der Waals surface area contributed by atoms with Gasteiger partial charge < -0.3 is 20.4 Å². The van der Waals surface area contributed by atoms with Crippen molar-refractivity contribution in [1.29, 1.82) is 0 Å². The molecule has 7 heteroatoms. The number of hydrogen-bond donors (Lipinski definition) is 2. The van der Waals surface area contributed by atoms with E-state index in [1.54, 1.807) is 7.11 Å². The maximum Gasteiger partial charge on any atom is 0.257 e. The van der Waals surface area contributed by atoms with Crippen LogP contribution in [-0.2, 0) is 13.0 Å². The summed E-state index contributed by atoms with van der Waals surface area (Å²) in [5.41, 5.74) is 10.8. The summed E-state index contributed by atoms with van der Waals surface area (Å²) < 4.78 is 7.15. The zero-order valence-electron chi connectivity index (χ0n) is 19.3. The van der Waals surface area contributed by atoms with Crippen molar-refractivity contribution < 1.29 is 9.53 Å². The number of nitrogens with two attached hydrogens (primary N) is 1. The fourth-order valence-electron chi connectivity index (χ4n) is 4.04. The Morgan fingerprint density at radius 3 is 2.45 bits per heavy atom. The van der Waals surface area contributed by atoms with Crippen LogP contribution < -0.4 is 15.8 Å². The number of aryl methyl sites for hydroxylation is 2. The number of nitrogens with zero attached hydrogens (tertiary/aromatic N) is 3. The molecule has 3 N–H and O–H groups in total. The number of para-hydroxylation sites is 2. The summed E-state index contributed by atoms with van der Waals surface area (Å²) in [5, 5.41) is 3.02.